The minimum absolute atomic E-state index is 0. The Morgan fingerprint density at radius 3 is 1.60 bits per heavy atom. The number of nitrogens with zero attached hydrogens (tertiary/aromatic N) is 1. The van der Waals surface area contributed by atoms with E-state index in [1.165, 1.54) is 4.90 Å². The number of imide groups is 1. The van der Waals surface area contributed by atoms with Gasteiger partial charge in [-0.1, -0.05) is 60.7 Å². The Morgan fingerprint density at radius 2 is 1.20 bits per heavy atom. The maximum atomic E-state index is 12.6. The molecule has 0 unspecified atom stereocenters. The predicted molar refractivity (Wildman–Crippen MR) is 103 cm³/mol. The fourth-order valence-corrected chi connectivity index (χ4v) is 2.53. The molecule has 0 saturated carbocycles. The molecule has 2 rings (SSSR count). The van der Waals surface area contributed by atoms with Crippen LogP contribution in [0.1, 0.15) is 24.0 Å². The number of halogens is 1. The first kappa shape index (κ1) is 20.9. The second-order valence-electron chi connectivity index (χ2n) is 5.76. The van der Waals surface area contributed by atoms with Crippen LogP contribution in [0, 0.1) is 0 Å². The maximum Gasteiger partial charge on any atom is 0.233 e. The van der Waals surface area contributed by atoms with Gasteiger partial charge in [0.25, 0.3) is 0 Å². The highest BCUT2D eigenvalue weighted by Crippen LogP contribution is 2.08. The molecule has 0 aliphatic heterocycles. The molecule has 0 radical (unpaired) electrons. The molecule has 0 spiro atoms. The van der Waals surface area contributed by atoms with E-state index in [2.05, 4.69) is 0 Å². The molecule has 2 amide bonds. The molecule has 0 aliphatic rings. The number of rotatable bonds is 8. The number of hydrogen-bond donors (Lipinski definition) is 1. The van der Waals surface area contributed by atoms with Crippen molar-refractivity contribution >= 4 is 24.2 Å². The number of carbonyl (C=O) groups excluding carboxylic acids is 2. The summed E-state index contributed by atoms with van der Waals surface area (Å²) < 4.78 is 0. The van der Waals surface area contributed by atoms with Gasteiger partial charge < -0.3 is 5.73 Å². The highest BCUT2D eigenvalue weighted by Gasteiger charge is 2.21. The summed E-state index contributed by atoms with van der Waals surface area (Å²) in [5.74, 6) is -0.307. The second kappa shape index (κ2) is 11.4. The first-order chi connectivity index (χ1) is 11.7. The number of amides is 2. The average molecular weight is 361 g/mol. The zero-order valence-corrected chi connectivity index (χ0v) is 15.1. The molecule has 2 N–H and O–H groups in total. The summed E-state index contributed by atoms with van der Waals surface area (Å²) in [4.78, 5) is 26.6. The van der Waals surface area contributed by atoms with E-state index in [0.717, 1.165) is 24.0 Å². The fraction of sp³-hybridized carbons (Fsp3) is 0.300. The molecule has 5 heteroatoms. The monoisotopic (exact) mass is 360 g/mol. The average Bonchev–Trinajstić information content (AvgIpc) is 2.60. The third-order valence-electron chi connectivity index (χ3n) is 3.83. The topological polar surface area (TPSA) is 63.4 Å². The van der Waals surface area contributed by atoms with Crippen molar-refractivity contribution in [3.63, 3.8) is 0 Å². The van der Waals surface area contributed by atoms with E-state index in [-0.39, 0.29) is 37.1 Å². The molecule has 0 bridgehead atoms. The molecule has 0 aromatic heterocycles. The van der Waals surface area contributed by atoms with Crippen molar-refractivity contribution in [1.29, 1.82) is 0 Å². The Bertz CT molecular complexity index is 594. The number of carbonyl (C=O) groups is 2. The lowest BCUT2D eigenvalue weighted by atomic mass is 10.1. The summed E-state index contributed by atoms with van der Waals surface area (Å²) in [5.41, 5.74) is 7.36. The molecule has 0 fully saturated rings. The Morgan fingerprint density at radius 1 is 0.760 bits per heavy atom. The van der Waals surface area contributed by atoms with E-state index < -0.39 is 0 Å². The van der Waals surface area contributed by atoms with Crippen LogP contribution in [0.25, 0.3) is 0 Å². The second-order valence-corrected chi connectivity index (χ2v) is 5.76. The fourth-order valence-electron chi connectivity index (χ4n) is 2.53. The zero-order valence-electron chi connectivity index (χ0n) is 14.3. The molecular formula is C20H25ClN2O2. The summed E-state index contributed by atoms with van der Waals surface area (Å²) in [6, 6.07) is 19.0. The molecule has 0 saturated heterocycles. The standard InChI is InChI=1S/C20H24N2O2.ClH/c21-13-7-8-14-22(19(23)15-17-9-3-1-4-10-17)20(24)16-18-11-5-2-6-12-18;/h1-6,9-12H,7-8,13-16,21H2;1H. The normalized spacial score (nSPS) is 9.96. The predicted octanol–water partition coefficient (Wildman–Crippen LogP) is 2.99. The van der Waals surface area contributed by atoms with Crippen LogP contribution >= 0.6 is 12.4 Å². The van der Waals surface area contributed by atoms with Gasteiger partial charge in [0.15, 0.2) is 0 Å². The first-order valence-corrected chi connectivity index (χ1v) is 8.32. The number of benzene rings is 2. The molecular weight excluding hydrogens is 336 g/mol. The molecule has 134 valence electrons. The van der Waals surface area contributed by atoms with E-state index >= 15 is 0 Å². The smallest absolute Gasteiger partial charge is 0.233 e. The van der Waals surface area contributed by atoms with Gasteiger partial charge in [-0.25, -0.2) is 0 Å². The largest absolute Gasteiger partial charge is 0.330 e. The van der Waals surface area contributed by atoms with Crippen molar-refractivity contribution in [2.75, 3.05) is 13.1 Å². The van der Waals surface area contributed by atoms with Gasteiger partial charge in [-0.2, -0.15) is 0 Å². The number of hydrogen-bond acceptors (Lipinski definition) is 3. The molecule has 0 heterocycles. The van der Waals surface area contributed by atoms with Crippen molar-refractivity contribution in [2.24, 2.45) is 5.73 Å². The van der Waals surface area contributed by atoms with Crippen LogP contribution in [0.15, 0.2) is 60.7 Å². The number of nitrogens with two attached hydrogens (primary N) is 1. The van der Waals surface area contributed by atoms with Crippen LogP contribution < -0.4 is 5.73 Å². The third kappa shape index (κ3) is 7.08. The van der Waals surface area contributed by atoms with E-state index in [1.54, 1.807) is 0 Å². The van der Waals surface area contributed by atoms with Crippen LogP contribution in [0.4, 0.5) is 0 Å². The van der Waals surface area contributed by atoms with E-state index in [1.807, 2.05) is 60.7 Å². The van der Waals surface area contributed by atoms with Crippen molar-refractivity contribution < 1.29 is 9.59 Å². The van der Waals surface area contributed by atoms with Crippen molar-refractivity contribution in [1.82, 2.24) is 4.90 Å². The first-order valence-electron chi connectivity index (χ1n) is 8.32. The molecule has 0 atom stereocenters. The highest BCUT2D eigenvalue weighted by molar-refractivity contribution is 5.97. The van der Waals surface area contributed by atoms with Gasteiger partial charge in [-0.05, 0) is 30.5 Å². The van der Waals surface area contributed by atoms with Gasteiger partial charge in [0.2, 0.25) is 11.8 Å². The summed E-state index contributed by atoms with van der Waals surface area (Å²) in [5, 5.41) is 0. The molecule has 2 aromatic carbocycles. The lowest BCUT2D eigenvalue weighted by Crippen LogP contribution is -2.39. The van der Waals surface area contributed by atoms with Crippen LogP contribution in [-0.4, -0.2) is 29.8 Å². The summed E-state index contributed by atoms with van der Waals surface area (Å²) >= 11 is 0. The Hall–Kier alpha value is -2.17. The molecule has 0 aliphatic carbocycles. The van der Waals surface area contributed by atoms with Gasteiger partial charge in [0, 0.05) is 6.54 Å². The van der Waals surface area contributed by atoms with Crippen LogP contribution in [0.2, 0.25) is 0 Å². The van der Waals surface area contributed by atoms with Crippen LogP contribution in [-0.2, 0) is 22.4 Å². The van der Waals surface area contributed by atoms with Gasteiger partial charge in [-0.3, -0.25) is 14.5 Å². The summed E-state index contributed by atoms with van der Waals surface area (Å²) in [6.45, 7) is 0.988. The summed E-state index contributed by atoms with van der Waals surface area (Å²) in [6.07, 6.45) is 2.01. The van der Waals surface area contributed by atoms with Crippen LogP contribution in [0.5, 0.6) is 0 Å². The number of unbranched alkanes of at least 4 members (excludes halogenated alkanes) is 1. The molecule has 2 aromatic rings. The van der Waals surface area contributed by atoms with Gasteiger partial charge >= 0.3 is 0 Å². The minimum Gasteiger partial charge on any atom is -0.330 e. The lowest BCUT2D eigenvalue weighted by Gasteiger charge is -2.21. The summed E-state index contributed by atoms with van der Waals surface area (Å²) in [7, 11) is 0. The Labute approximate surface area is 155 Å². The molecule has 25 heavy (non-hydrogen) atoms. The van der Waals surface area contributed by atoms with E-state index in [0.29, 0.717) is 13.1 Å². The van der Waals surface area contributed by atoms with Crippen LogP contribution in [0.3, 0.4) is 0 Å². The van der Waals surface area contributed by atoms with Gasteiger partial charge in [0.1, 0.15) is 0 Å². The highest BCUT2D eigenvalue weighted by atomic mass is 35.5. The van der Waals surface area contributed by atoms with E-state index in [4.69, 9.17) is 5.73 Å². The quantitative estimate of drug-likeness (QED) is 0.736. The molecule has 4 nitrogen and oxygen atoms in total. The van der Waals surface area contributed by atoms with Crippen molar-refractivity contribution in [3.05, 3.63) is 71.8 Å². The van der Waals surface area contributed by atoms with E-state index in [9.17, 15) is 9.59 Å². The van der Waals surface area contributed by atoms with Crippen molar-refractivity contribution in [2.45, 2.75) is 25.7 Å². The maximum absolute atomic E-state index is 12.6. The third-order valence-corrected chi connectivity index (χ3v) is 3.83. The minimum atomic E-state index is -0.154. The lowest BCUT2D eigenvalue weighted by molar-refractivity contribution is -0.144. The Balaban J connectivity index is 0.00000312. The zero-order chi connectivity index (χ0) is 17.2. The SMILES string of the molecule is Cl.NCCCCN(C(=O)Cc1ccccc1)C(=O)Cc1ccccc1. The Kier molecular flexibility index (Phi) is 9.51. The van der Waals surface area contributed by atoms with Gasteiger partial charge in [-0.15, -0.1) is 12.4 Å². The van der Waals surface area contributed by atoms with Gasteiger partial charge in [0.05, 0.1) is 12.8 Å². The van der Waals surface area contributed by atoms with Crippen molar-refractivity contribution in [3.8, 4) is 0 Å².